The summed E-state index contributed by atoms with van der Waals surface area (Å²) >= 11 is 3.48. The second-order valence-electron chi connectivity index (χ2n) is 3.54. The fraction of sp³-hybridized carbons (Fsp3) is 0.455. The lowest BCUT2D eigenvalue weighted by atomic mass is 10.1. The largest absolute Gasteiger partial charge is 0.395 e. The van der Waals surface area contributed by atoms with Crippen LogP contribution < -0.4 is 5.32 Å². The maximum absolute atomic E-state index is 8.88. The molecule has 1 aromatic carbocycles. The van der Waals surface area contributed by atoms with Gasteiger partial charge in [-0.15, -0.1) is 0 Å². The van der Waals surface area contributed by atoms with Crippen LogP contribution in [0.25, 0.3) is 0 Å². The van der Waals surface area contributed by atoms with Crippen molar-refractivity contribution in [3.8, 4) is 0 Å². The van der Waals surface area contributed by atoms with Gasteiger partial charge in [0.15, 0.2) is 0 Å². The molecule has 0 radical (unpaired) electrons. The fourth-order valence-electron chi connectivity index (χ4n) is 1.24. The summed E-state index contributed by atoms with van der Waals surface area (Å²) in [5, 5.41) is 20.8. The lowest BCUT2D eigenvalue weighted by Gasteiger charge is -2.14. The van der Waals surface area contributed by atoms with Gasteiger partial charge in [-0.25, -0.2) is 0 Å². The van der Waals surface area contributed by atoms with Gasteiger partial charge in [0.2, 0.25) is 0 Å². The number of hydrogen-bond donors (Lipinski definition) is 3. The molecule has 0 aliphatic heterocycles. The molecule has 84 valence electrons. The Morgan fingerprint density at radius 3 is 2.53 bits per heavy atom. The van der Waals surface area contributed by atoms with Gasteiger partial charge in [-0.2, -0.15) is 0 Å². The van der Waals surface area contributed by atoms with E-state index in [1.54, 1.807) is 0 Å². The van der Waals surface area contributed by atoms with Crippen LogP contribution in [0.2, 0.25) is 0 Å². The number of hydrogen-bond acceptors (Lipinski definition) is 3. The minimum absolute atomic E-state index is 0.0556. The van der Waals surface area contributed by atoms with Crippen LogP contribution in [0.3, 0.4) is 0 Å². The standard InChI is InChI=1S/C11H16BrNO2/c1-8-2-3-9(11(12)4-8)5-13-10(6-14)7-15/h2-4,10,13-15H,5-7H2,1H3. The van der Waals surface area contributed by atoms with Crippen LogP contribution in [0.1, 0.15) is 11.1 Å². The van der Waals surface area contributed by atoms with Crippen molar-refractivity contribution in [3.05, 3.63) is 33.8 Å². The van der Waals surface area contributed by atoms with E-state index in [4.69, 9.17) is 10.2 Å². The molecule has 0 saturated heterocycles. The molecule has 1 aromatic rings. The zero-order chi connectivity index (χ0) is 11.3. The molecule has 0 aromatic heterocycles. The quantitative estimate of drug-likeness (QED) is 0.756. The van der Waals surface area contributed by atoms with Gasteiger partial charge in [0.25, 0.3) is 0 Å². The van der Waals surface area contributed by atoms with E-state index in [9.17, 15) is 0 Å². The third-order valence-electron chi connectivity index (χ3n) is 2.23. The van der Waals surface area contributed by atoms with Crippen molar-refractivity contribution in [3.63, 3.8) is 0 Å². The van der Waals surface area contributed by atoms with Crippen LogP contribution in [0.15, 0.2) is 22.7 Å². The highest BCUT2D eigenvalue weighted by Crippen LogP contribution is 2.18. The van der Waals surface area contributed by atoms with Gasteiger partial charge in [0.1, 0.15) is 0 Å². The Morgan fingerprint density at radius 2 is 2.00 bits per heavy atom. The molecule has 0 fully saturated rings. The van der Waals surface area contributed by atoms with Crippen molar-refractivity contribution in [1.29, 1.82) is 0 Å². The third kappa shape index (κ3) is 3.91. The first-order chi connectivity index (χ1) is 7.17. The van der Waals surface area contributed by atoms with Gasteiger partial charge in [-0.05, 0) is 24.1 Å². The van der Waals surface area contributed by atoms with Gasteiger partial charge in [-0.1, -0.05) is 28.1 Å². The molecule has 3 N–H and O–H groups in total. The minimum atomic E-state index is -0.252. The summed E-state index contributed by atoms with van der Waals surface area (Å²) in [4.78, 5) is 0. The molecule has 0 heterocycles. The number of benzene rings is 1. The van der Waals surface area contributed by atoms with Gasteiger partial charge in [0.05, 0.1) is 19.3 Å². The van der Waals surface area contributed by atoms with Crippen molar-refractivity contribution in [2.75, 3.05) is 13.2 Å². The molecule has 3 nitrogen and oxygen atoms in total. The first-order valence-electron chi connectivity index (χ1n) is 4.87. The lowest BCUT2D eigenvalue weighted by Crippen LogP contribution is -2.35. The highest BCUT2D eigenvalue weighted by molar-refractivity contribution is 9.10. The second kappa shape index (κ2) is 6.23. The number of aliphatic hydroxyl groups is 2. The molecule has 1 rings (SSSR count). The Labute approximate surface area is 98.3 Å². The Morgan fingerprint density at radius 1 is 1.33 bits per heavy atom. The third-order valence-corrected chi connectivity index (χ3v) is 2.97. The number of halogens is 1. The Hall–Kier alpha value is -0.420. The molecule has 4 heteroatoms. The SMILES string of the molecule is Cc1ccc(CNC(CO)CO)c(Br)c1. The van der Waals surface area contributed by atoms with Gasteiger partial charge in [-0.3, -0.25) is 0 Å². The highest BCUT2D eigenvalue weighted by Gasteiger charge is 2.06. The first-order valence-corrected chi connectivity index (χ1v) is 5.66. The summed E-state index contributed by atoms with van der Waals surface area (Å²) < 4.78 is 1.05. The van der Waals surface area contributed by atoms with E-state index in [0.29, 0.717) is 6.54 Å². The van der Waals surface area contributed by atoms with Crippen molar-refractivity contribution >= 4 is 15.9 Å². The molecule has 0 aliphatic rings. The molecule has 15 heavy (non-hydrogen) atoms. The normalized spacial score (nSPS) is 11.0. The Kier molecular flexibility index (Phi) is 5.25. The maximum Gasteiger partial charge on any atom is 0.0607 e. The maximum atomic E-state index is 8.88. The molecule has 0 aliphatic carbocycles. The topological polar surface area (TPSA) is 52.5 Å². The molecule has 0 saturated carbocycles. The number of aliphatic hydroxyl groups excluding tert-OH is 2. The van der Waals surface area contributed by atoms with Crippen molar-refractivity contribution in [2.24, 2.45) is 0 Å². The lowest BCUT2D eigenvalue weighted by molar-refractivity contribution is 0.170. The number of rotatable bonds is 5. The van der Waals surface area contributed by atoms with E-state index in [0.717, 1.165) is 10.0 Å². The second-order valence-corrected chi connectivity index (χ2v) is 4.39. The van der Waals surface area contributed by atoms with Crippen molar-refractivity contribution in [2.45, 2.75) is 19.5 Å². The smallest absolute Gasteiger partial charge is 0.0607 e. The van der Waals surface area contributed by atoms with Crippen LogP contribution in [0.5, 0.6) is 0 Å². The van der Waals surface area contributed by atoms with Crippen molar-refractivity contribution < 1.29 is 10.2 Å². The molecule has 0 unspecified atom stereocenters. The van der Waals surface area contributed by atoms with Crippen LogP contribution in [-0.4, -0.2) is 29.5 Å². The summed E-state index contributed by atoms with van der Waals surface area (Å²) in [6, 6.07) is 5.86. The van der Waals surface area contributed by atoms with Crippen LogP contribution in [-0.2, 0) is 6.54 Å². The predicted molar refractivity (Wildman–Crippen MR) is 63.7 cm³/mol. The summed E-state index contributed by atoms with van der Waals surface area (Å²) in [6.07, 6.45) is 0. The fourth-order valence-corrected chi connectivity index (χ4v) is 1.87. The average molecular weight is 274 g/mol. The minimum Gasteiger partial charge on any atom is -0.395 e. The predicted octanol–water partition coefficient (Wildman–Crippen LogP) is 1.20. The van der Waals surface area contributed by atoms with E-state index < -0.39 is 0 Å². The molecule has 0 amide bonds. The Bertz CT molecular complexity index is 313. The molecule has 0 atom stereocenters. The van der Waals surface area contributed by atoms with Crippen LogP contribution >= 0.6 is 15.9 Å². The average Bonchev–Trinajstić information content (AvgIpc) is 2.22. The summed E-state index contributed by atoms with van der Waals surface area (Å²) in [5.74, 6) is 0. The highest BCUT2D eigenvalue weighted by atomic mass is 79.9. The van der Waals surface area contributed by atoms with Gasteiger partial charge < -0.3 is 15.5 Å². The first kappa shape index (κ1) is 12.6. The molecular weight excluding hydrogens is 258 g/mol. The van der Waals surface area contributed by atoms with E-state index in [-0.39, 0.29) is 19.3 Å². The molecule has 0 bridgehead atoms. The van der Waals surface area contributed by atoms with Crippen LogP contribution in [0, 0.1) is 6.92 Å². The molecular formula is C11H16BrNO2. The zero-order valence-corrected chi connectivity index (χ0v) is 10.3. The Balaban J connectivity index is 2.57. The van der Waals surface area contributed by atoms with E-state index in [1.807, 2.05) is 25.1 Å². The van der Waals surface area contributed by atoms with E-state index >= 15 is 0 Å². The molecule has 0 spiro atoms. The number of aryl methyl sites for hydroxylation is 1. The zero-order valence-electron chi connectivity index (χ0n) is 8.70. The summed E-state index contributed by atoms with van der Waals surface area (Å²) in [5.41, 5.74) is 2.32. The van der Waals surface area contributed by atoms with Gasteiger partial charge >= 0.3 is 0 Å². The summed E-state index contributed by atoms with van der Waals surface area (Å²) in [6.45, 7) is 2.55. The summed E-state index contributed by atoms with van der Waals surface area (Å²) in [7, 11) is 0. The monoisotopic (exact) mass is 273 g/mol. The number of nitrogens with one attached hydrogen (secondary N) is 1. The van der Waals surface area contributed by atoms with Crippen molar-refractivity contribution in [1.82, 2.24) is 5.32 Å². The van der Waals surface area contributed by atoms with Crippen LogP contribution in [0.4, 0.5) is 0 Å². The van der Waals surface area contributed by atoms with Gasteiger partial charge in [0, 0.05) is 11.0 Å². The van der Waals surface area contributed by atoms with E-state index in [1.165, 1.54) is 5.56 Å². The van der Waals surface area contributed by atoms with E-state index in [2.05, 4.69) is 21.2 Å².